The van der Waals surface area contributed by atoms with Crippen LogP contribution in [0.15, 0.2) is 40.2 Å². The maximum absolute atomic E-state index is 14.1. The van der Waals surface area contributed by atoms with Crippen LogP contribution in [0.2, 0.25) is 0 Å². The number of hydrogen-bond donors (Lipinski definition) is 0. The molecular weight excluding hydrogens is 375 g/mol. The van der Waals surface area contributed by atoms with E-state index in [2.05, 4.69) is 20.1 Å². The number of hydrogen-bond acceptors (Lipinski definition) is 6. The third-order valence-electron chi connectivity index (χ3n) is 5.58. The molecule has 5 rings (SSSR count). The minimum absolute atomic E-state index is 0.131. The van der Waals surface area contributed by atoms with E-state index in [0.717, 1.165) is 24.0 Å². The highest BCUT2D eigenvalue weighted by atomic mass is 19.1. The van der Waals surface area contributed by atoms with Crippen LogP contribution in [0.1, 0.15) is 47.5 Å². The van der Waals surface area contributed by atoms with Gasteiger partial charge in [-0.1, -0.05) is 22.9 Å². The Morgan fingerprint density at radius 2 is 2.00 bits per heavy atom. The van der Waals surface area contributed by atoms with Crippen molar-refractivity contribution >= 4 is 11.2 Å². The molecule has 3 aromatic heterocycles. The van der Waals surface area contributed by atoms with Gasteiger partial charge in [-0.15, -0.1) is 0 Å². The summed E-state index contributed by atoms with van der Waals surface area (Å²) in [5.74, 6) is 1.08. The Balaban J connectivity index is 1.31. The number of aryl methyl sites for hydroxylation is 2. The van der Waals surface area contributed by atoms with E-state index in [0.29, 0.717) is 22.9 Å². The summed E-state index contributed by atoms with van der Waals surface area (Å²) in [5.41, 5.74) is 2.43. The van der Waals surface area contributed by atoms with Gasteiger partial charge in [0.2, 0.25) is 5.89 Å². The summed E-state index contributed by atoms with van der Waals surface area (Å²) in [5, 5.41) is 4.07. The smallest absolute Gasteiger partial charge is 0.280 e. The van der Waals surface area contributed by atoms with Crippen molar-refractivity contribution in [2.24, 2.45) is 7.05 Å². The van der Waals surface area contributed by atoms with Crippen molar-refractivity contribution in [1.82, 2.24) is 29.2 Å². The van der Waals surface area contributed by atoms with Crippen LogP contribution in [0.25, 0.3) is 11.2 Å². The number of aromatic nitrogens is 6. The van der Waals surface area contributed by atoms with E-state index in [1.165, 1.54) is 17.0 Å². The fourth-order valence-electron chi connectivity index (χ4n) is 3.89. The SMILES string of the molecule is Cc1ccc(F)c(C2CC(c3noc(Cn4cnc5ncn(C)c5c4=O)n3)C2)c1. The Kier molecular flexibility index (Phi) is 4.04. The van der Waals surface area contributed by atoms with Gasteiger partial charge >= 0.3 is 0 Å². The van der Waals surface area contributed by atoms with Gasteiger partial charge in [-0.25, -0.2) is 14.4 Å². The summed E-state index contributed by atoms with van der Waals surface area (Å²) >= 11 is 0. The molecule has 1 aliphatic carbocycles. The van der Waals surface area contributed by atoms with Crippen LogP contribution in [0, 0.1) is 12.7 Å². The first-order chi connectivity index (χ1) is 14.0. The summed E-state index contributed by atoms with van der Waals surface area (Å²) in [7, 11) is 1.75. The molecule has 29 heavy (non-hydrogen) atoms. The molecule has 9 heteroatoms. The molecule has 1 saturated carbocycles. The number of halogens is 1. The highest BCUT2D eigenvalue weighted by Gasteiger charge is 2.36. The first-order valence-electron chi connectivity index (χ1n) is 9.44. The molecule has 0 bridgehead atoms. The van der Waals surface area contributed by atoms with Crippen LogP contribution in [-0.4, -0.2) is 29.2 Å². The molecule has 0 unspecified atom stereocenters. The van der Waals surface area contributed by atoms with Gasteiger partial charge in [0.05, 0.1) is 6.33 Å². The largest absolute Gasteiger partial charge is 0.337 e. The molecule has 148 valence electrons. The van der Waals surface area contributed by atoms with Crippen LogP contribution in [0.3, 0.4) is 0 Å². The molecule has 0 spiro atoms. The Morgan fingerprint density at radius 1 is 1.21 bits per heavy atom. The van der Waals surface area contributed by atoms with Crippen molar-refractivity contribution in [2.45, 2.75) is 38.1 Å². The predicted octanol–water partition coefficient (Wildman–Crippen LogP) is 2.67. The first-order valence-corrected chi connectivity index (χ1v) is 9.44. The zero-order valence-electron chi connectivity index (χ0n) is 16.0. The zero-order chi connectivity index (χ0) is 20.1. The number of fused-ring (bicyclic) bond motifs is 1. The van der Waals surface area contributed by atoms with Gasteiger partial charge in [-0.2, -0.15) is 4.98 Å². The normalized spacial score (nSPS) is 18.9. The Labute approximate surface area is 165 Å². The summed E-state index contributed by atoms with van der Waals surface area (Å²) in [6.45, 7) is 2.10. The lowest BCUT2D eigenvalue weighted by molar-refractivity contribution is 0.310. The van der Waals surface area contributed by atoms with Crippen molar-refractivity contribution < 1.29 is 8.91 Å². The summed E-state index contributed by atoms with van der Waals surface area (Å²) in [4.78, 5) is 25.3. The van der Waals surface area contributed by atoms with Crippen molar-refractivity contribution in [3.05, 3.63) is 69.9 Å². The molecule has 1 aromatic carbocycles. The van der Waals surface area contributed by atoms with Gasteiger partial charge in [-0.3, -0.25) is 9.36 Å². The second-order valence-electron chi connectivity index (χ2n) is 7.64. The van der Waals surface area contributed by atoms with E-state index >= 15 is 0 Å². The van der Waals surface area contributed by atoms with E-state index in [1.807, 2.05) is 13.0 Å². The Hall–Kier alpha value is -3.36. The molecule has 0 atom stereocenters. The first kappa shape index (κ1) is 17.7. The molecule has 4 aromatic rings. The third-order valence-corrected chi connectivity index (χ3v) is 5.58. The van der Waals surface area contributed by atoms with Crippen LogP contribution >= 0.6 is 0 Å². The van der Waals surface area contributed by atoms with E-state index in [9.17, 15) is 9.18 Å². The van der Waals surface area contributed by atoms with E-state index in [-0.39, 0.29) is 29.8 Å². The minimum atomic E-state index is -0.214. The van der Waals surface area contributed by atoms with Crippen molar-refractivity contribution in [3.63, 3.8) is 0 Å². The molecule has 1 aliphatic rings. The average molecular weight is 394 g/mol. The molecule has 0 aliphatic heterocycles. The van der Waals surface area contributed by atoms with Crippen LogP contribution in [0.5, 0.6) is 0 Å². The average Bonchev–Trinajstić information content (AvgIpc) is 3.26. The van der Waals surface area contributed by atoms with E-state index < -0.39 is 0 Å². The fourth-order valence-corrected chi connectivity index (χ4v) is 3.89. The molecular formula is C20H19FN6O2. The highest BCUT2D eigenvalue weighted by Crippen LogP contribution is 2.47. The summed E-state index contributed by atoms with van der Waals surface area (Å²) in [6.07, 6.45) is 4.55. The maximum atomic E-state index is 14.1. The molecule has 8 nitrogen and oxygen atoms in total. The Morgan fingerprint density at radius 3 is 2.83 bits per heavy atom. The van der Waals surface area contributed by atoms with Crippen LogP contribution < -0.4 is 5.56 Å². The molecule has 0 saturated heterocycles. The number of benzene rings is 1. The quantitative estimate of drug-likeness (QED) is 0.528. The standard InChI is InChI=1S/C20H19FN6O2/c1-11-3-4-15(21)14(5-11)12-6-13(7-12)18-24-16(29-25-18)8-27-10-23-19-17(20(27)28)26(2)9-22-19/h3-5,9-10,12-13H,6-8H2,1-2H3. The third kappa shape index (κ3) is 3.02. The van der Waals surface area contributed by atoms with Gasteiger partial charge in [0.25, 0.3) is 5.56 Å². The predicted molar refractivity (Wildman–Crippen MR) is 102 cm³/mol. The number of rotatable bonds is 4. The molecule has 0 N–H and O–H groups in total. The van der Waals surface area contributed by atoms with Crippen molar-refractivity contribution in [2.75, 3.05) is 0 Å². The monoisotopic (exact) mass is 394 g/mol. The lowest BCUT2D eigenvalue weighted by Crippen LogP contribution is -2.23. The maximum Gasteiger partial charge on any atom is 0.280 e. The molecule has 0 amide bonds. The minimum Gasteiger partial charge on any atom is -0.337 e. The van der Waals surface area contributed by atoms with Crippen LogP contribution in [0.4, 0.5) is 4.39 Å². The van der Waals surface area contributed by atoms with Crippen molar-refractivity contribution in [1.29, 1.82) is 0 Å². The van der Waals surface area contributed by atoms with Crippen LogP contribution in [-0.2, 0) is 13.6 Å². The second kappa shape index (κ2) is 6.61. The van der Waals surface area contributed by atoms with Gasteiger partial charge in [0.15, 0.2) is 17.0 Å². The van der Waals surface area contributed by atoms with Gasteiger partial charge in [0.1, 0.15) is 18.7 Å². The summed E-state index contributed by atoms with van der Waals surface area (Å²) < 4.78 is 22.5. The van der Waals surface area contributed by atoms with E-state index in [1.54, 1.807) is 24.0 Å². The second-order valence-corrected chi connectivity index (χ2v) is 7.64. The van der Waals surface area contributed by atoms with Crippen molar-refractivity contribution in [3.8, 4) is 0 Å². The lowest BCUT2D eigenvalue weighted by atomic mass is 9.71. The number of nitrogens with zero attached hydrogens (tertiary/aromatic N) is 6. The van der Waals surface area contributed by atoms with Gasteiger partial charge < -0.3 is 9.09 Å². The fraction of sp³-hybridized carbons (Fsp3) is 0.350. The topological polar surface area (TPSA) is 91.6 Å². The molecule has 3 heterocycles. The lowest BCUT2D eigenvalue weighted by Gasteiger charge is -2.33. The van der Waals surface area contributed by atoms with Gasteiger partial charge in [0, 0.05) is 13.0 Å². The van der Waals surface area contributed by atoms with Gasteiger partial charge in [-0.05, 0) is 37.3 Å². The highest BCUT2D eigenvalue weighted by molar-refractivity contribution is 5.68. The molecule has 0 radical (unpaired) electrons. The zero-order valence-corrected chi connectivity index (χ0v) is 16.0. The molecule has 1 fully saturated rings. The summed E-state index contributed by atoms with van der Waals surface area (Å²) in [6, 6.07) is 5.21. The Bertz CT molecular complexity index is 1270. The van der Waals surface area contributed by atoms with E-state index in [4.69, 9.17) is 4.52 Å². The number of imidazole rings is 1.